The number of ether oxygens (including phenoxy) is 2. The fourth-order valence-corrected chi connectivity index (χ4v) is 3.06. The summed E-state index contributed by atoms with van der Waals surface area (Å²) < 4.78 is 12.0. The minimum atomic E-state index is -0.191. The molecule has 0 bridgehead atoms. The smallest absolute Gasteiger partial charge is 0.273 e. The molecule has 3 heterocycles. The van der Waals surface area contributed by atoms with E-state index in [9.17, 15) is 4.79 Å². The number of pyridine rings is 1. The standard InChI is InChI=1S/C20H18N4O3/c1-26-12-17-19(14-3-5-15(27-2)6-4-14)20-22-16(11-18(25)24(20)23-17)13-7-9-21-10-8-13/h3-11,23H,12H2,1-2H3. The Kier molecular flexibility index (Phi) is 4.43. The lowest BCUT2D eigenvalue weighted by atomic mass is 10.1. The first-order valence-electron chi connectivity index (χ1n) is 8.39. The quantitative estimate of drug-likeness (QED) is 0.590. The molecular weight excluding hydrogens is 344 g/mol. The van der Waals surface area contributed by atoms with E-state index in [-0.39, 0.29) is 5.56 Å². The molecule has 0 saturated carbocycles. The van der Waals surface area contributed by atoms with E-state index in [1.54, 1.807) is 26.6 Å². The summed E-state index contributed by atoms with van der Waals surface area (Å²) in [6.45, 7) is 0.328. The topological polar surface area (TPSA) is 81.5 Å². The predicted octanol–water partition coefficient (Wildman–Crippen LogP) is 2.91. The van der Waals surface area contributed by atoms with Gasteiger partial charge in [0.15, 0.2) is 5.65 Å². The molecule has 136 valence electrons. The molecule has 0 aliphatic heterocycles. The lowest BCUT2D eigenvalue weighted by molar-refractivity contribution is 0.181. The fourth-order valence-electron chi connectivity index (χ4n) is 3.06. The number of methoxy groups -OCH3 is 2. The summed E-state index contributed by atoms with van der Waals surface area (Å²) in [5, 5.41) is 3.11. The average molecular weight is 362 g/mol. The van der Waals surface area contributed by atoms with Crippen molar-refractivity contribution in [1.82, 2.24) is 19.6 Å². The maximum absolute atomic E-state index is 12.7. The van der Waals surface area contributed by atoms with E-state index in [0.29, 0.717) is 17.9 Å². The number of aromatic nitrogens is 4. The van der Waals surface area contributed by atoms with Crippen LogP contribution in [0.1, 0.15) is 5.69 Å². The molecule has 0 amide bonds. The van der Waals surface area contributed by atoms with E-state index in [1.807, 2.05) is 36.4 Å². The number of rotatable bonds is 5. The Bertz CT molecular complexity index is 1130. The van der Waals surface area contributed by atoms with Gasteiger partial charge in [-0.1, -0.05) is 12.1 Å². The lowest BCUT2D eigenvalue weighted by Crippen LogP contribution is -2.14. The number of aromatic amines is 1. The monoisotopic (exact) mass is 362 g/mol. The molecular formula is C20H18N4O3. The Morgan fingerprint density at radius 1 is 1.04 bits per heavy atom. The Hall–Kier alpha value is -3.45. The second-order valence-electron chi connectivity index (χ2n) is 6.00. The van der Waals surface area contributed by atoms with Crippen LogP contribution in [0.3, 0.4) is 0 Å². The van der Waals surface area contributed by atoms with Crippen molar-refractivity contribution in [3.8, 4) is 28.1 Å². The highest BCUT2D eigenvalue weighted by molar-refractivity contribution is 5.81. The highest BCUT2D eigenvalue weighted by Gasteiger charge is 2.17. The van der Waals surface area contributed by atoms with Crippen molar-refractivity contribution in [1.29, 1.82) is 0 Å². The molecule has 0 fully saturated rings. The Labute approximate surface area is 155 Å². The van der Waals surface area contributed by atoms with E-state index in [4.69, 9.17) is 14.5 Å². The summed E-state index contributed by atoms with van der Waals surface area (Å²) >= 11 is 0. The van der Waals surface area contributed by atoms with Gasteiger partial charge in [0.2, 0.25) is 0 Å². The van der Waals surface area contributed by atoms with Crippen LogP contribution in [-0.2, 0) is 11.3 Å². The molecule has 4 aromatic rings. The number of nitrogens with zero attached hydrogens (tertiary/aromatic N) is 3. The molecule has 27 heavy (non-hydrogen) atoms. The molecule has 0 atom stereocenters. The van der Waals surface area contributed by atoms with E-state index in [2.05, 4.69) is 10.1 Å². The van der Waals surface area contributed by atoms with Crippen LogP contribution < -0.4 is 10.3 Å². The predicted molar refractivity (Wildman–Crippen MR) is 102 cm³/mol. The normalized spacial score (nSPS) is 11.0. The molecule has 0 radical (unpaired) electrons. The van der Waals surface area contributed by atoms with Crippen LogP contribution in [0.15, 0.2) is 59.7 Å². The molecule has 3 aromatic heterocycles. The minimum Gasteiger partial charge on any atom is -0.497 e. The second kappa shape index (κ2) is 7.05. The van der Waals surface area contributed by atoms with Crippen molar-refractivity contribution in [2.24, 2.45) is 0 Å². The van der Waals surface area contributed by atoms with Gasteiger partial charge in [-0.2, -0.15) is 0 Å². The average Bonchev–Trinajstić information content (AvgIpc) is 3.08. The van der Waals surface area contributed by atoms with Gasteiger partial charge in [0.1, 0.15) is 5.75 Å². The molecule has 0 aliphatic rings. The highest BCUT2D eigenvalue weighted by Crippen LogP contribution is 2.30. The number of fused-ring (bicyclic) bond motifs is 1. The molecule has 1 aromatic carbocycles. The van der Waals surface area contributed by atoms with Gasteiger partial charge in [-0.25, -0.2) is 9.50 Å². The number of H-pyrrole nitrogens is 1. The van der Waals surface area contributed by atoms with E-state index in [1.165, 1.54) is 10.6 Å². The largest absolute Gasteiger partial charge is 0.497 e. The first-order chi connectivity index (χ1) is 13.2. The molecule has 0 aliphatic carbocycles. The van der Waals surface area contributed by atoms with Crippen LogP contribution in [-0.4, -0.2) is 33.8 Å². The van der Waals surface area contributed by atoms with Crippen molar-refractivity contribution in [2.45, 2.75) is 6.61 Å². The van der Waals surface area contributed by atoms with Gasteiger partial charge in [0, 0.05) is 36.7 Å². The summed E-state index contributed by atoms with van der Waals surface area (Å²) in [6, 6.07) is 12.8. The third-order valence-corrected chi connectivity index (χ3v) is 4.33. The van der Waals surface area contributed by atoms with Crippen molar-refractivity contribution in [3.05, 3.63) is 70.9 Å². The van der Waals surface area contributed by atoms with E-state index < -0.39 is 0 Å². The van der Waals surface area contributed by atoms with Crippen molar-refractivity contribution < 1.29 is 9.47 Å². The number of benzene rings is 1. The highest BCUT2D eigenvalue weighted by atomic mass is 16.5. The van der Waals surface area contributed by atoms with E-state index >= 15 is 0 Å². The Morgan fingerprint density at radius 3 is 2.44 bits per heavy atom. The molecule has 1 N–H and O–H groups in total. The van der Waals surface area contributed by atoms with Crippen LogP contribution in [0.5, 0.6) is 5.75 Å². The van der Waals surface area contributed by atoms with Crippen LogP contribution in [0, 0.1) is 0 Å². The third-order valence-electron chi connectivity index (χ3n) is 4.33. The fraction of sp³-hybridized carbons (Fsp3) is 0.150. The minimum absolute atomic E-state index is 0.191. The van der Waals surface area contributed by atoms with Crippen molar-refractivity contribution in [2.75, 3.05) is 14.2 Å². The zero-order chi connectivity index (χ0) is 18.8. The van der Waals surface area contributed by atoms with Crippen LogP contribution in [0.4, 0.5) is 0 Å². The summed E-state index contributed by atoms with van der Waals surface area (Å²) in [5.74, 6) is 0.759. The maximum atomic E-state index is 12.7. The van der Waals surface area contributed by atoms with Gasteiger partial charge >= 0.3 is 0 Å². The molecule has 7 nitrogen and oxygen atoms in total. The van der Waals surface area contributed by atoms with Gasteiger partial charge in [-0.15, -0.1) is 0 Å². The summed E-state index contributed by atoms with van der Waals surface area (Å²) in [7, 11) is 3.24. The van der Waals surface area contributed by atoms with E-state index in [0.717, 1.165) is 28.1 Å². The van der Waals surface area contributed by atoms with Crippen molar-refractivity contribution in [3.63, 3.8) is 0 Å². The van der Waals surface area contributed by atoms with Gasteiger partial charge < -0.3 is 9.47 Å². The molecule has 0 saturated heterocycles. The van der Waals surface area contributed by atoms with Gasteiger partial charge in [-0.3, -0.25) is 14.9 Å². The third kappa shape index (κ3) is 3.09. The Balaban J connectivity index is 1.98. The number of hydrogen-bond donors (Lipinski definition) is 1. The zero-order valence-electron chi connectivity index (χ0n) is 15.0. The maximum Gasteiger partial charge on any atom is 0.273 e. The molecule has 7 heteroatoms. The summed E-state index contributed by atoms with van der Waals surface area (Å²) in [6.07, 6.45) is 3.35. The summed E-state index contributed by atoms with van der Waals surface area (Å²) in [4.78, 5) is 21.5. The van der Waals surface area contributed by atoms with Crippen molar-refractivity contribution >= 4 is 5.65 Å². The van der Waals surface area contributed by atoms with Crippen LogP contribution >= 0.6 is 0 Å². The van der Waals surface area contributed by atoms with Gasteiger partial charge in [0.05, 0.1) is 25.1 Å². The molecule has 0 unspecified atom stereocenters. The second-order valence-corrected chi connectivity index (χ2v) is 6.00. The SMILES string of the molecule is COCc1[nH]n2c(=O)cc(-c3ccncc3)nc2c1-c1ccc(OC)cc1. The molecule has 0 spiro atoms. The first-order valence-corrected chi connectivity index (χ1v) is 8.39. The van der Waals surface area contributed by atoms with Crippen LogP contribution in [0.25, 0.3) is 28.0 Å². The molecule has 4 rings (SSSR count). The zero-order valence-corrected chi connectivity index (χ0v) is 15.0. The Morgan fingerprint density at radius 2 is 1.78 bits per heavy atom. The lowest BCUT2D eigenvalue weighted by Gasteiger charge is -2.06. The van der Waals surface area contributed by atoms with Gasteiger partial charge in [0.25, 0.3) is 5.56 Å². The van der Waals surface area contributed by atoms with Crippen LogP contribution in [0.2, 0.25) is 0 Å². The number of nitrogens with one attached hydrogen (secondary N) is 1. The summed E-state index contributed by atoms with van der Waals surface area (Å²) in [5.41, 5.74) is 4.31. The van der Waals surface area contributed by atoms with Gasteiger partial charge in [-0.05, 0) is 29.8 Å². The first kappa shape index (κ1) is 17.0. The number of hydrogen-bond acceptors (Lipinski definition) is 5.